The van der Waals surface area contributed by atoms with Crippen molar-refractivity contribution in [2.75, 3.05) is 17.2 Å². The van der Waals surface area contributed by atoms with Gasteiger partial charge in [0.2, 0.25) is 5.91 Å². The number of hydrogen-bond acceptors (Lipinski definition) is 4. The molecule has 6 heteroatoms. The van der Waals surface area contributed by atoms with Crippen molar-refractivity contribution < 1.29 is 14.3 Å². The van der Waals surface area contributed by atoms with E-state index in [0.717, 1.165) is 0 Å². The van der Waals surface area contributed by atoms with Gasteiger partial charge in [0, 0.05) is 6.92 Å². The van der Waals surface area contributed by atoms with E-state index in [-0.39, 0.29) is 12.5 Å². The molecule has 0 aliphatic carbocycles. The Balaban J connectivity index is 2.00. The highest BCUT2D eigenvalue weighted by atomic mass is 16.5. The predicted molar refractivity (Wildman–Crippen MR) is 86.0 cm³/mol. The third kappa shape index (κ3) is 4.58. The Bertz CT molecular complexity index is 766. The van der Waals surface area contributed by atoms with Crippen LogP contribution in [0.15, 0.2) is 48.5 Å². The van der Waals surface area contributed by atoms with E-state index in [1.807, 2.05) is 6.07 Å². The highest BCUT2D eigenvalue weighted by molar-refractivity contribution is 5.93. The average Bonchev–Trinajstić information content (AvgIpc) is 2.54. The minimum atomic E-state index is -0.398. The lowest BCUT2D eigenvalue weighted by Crippen LogP contribution is -2.21. The molecule has 0 aromatic heterocycles. The summed E-state index contributed by atoms with van der Waals surface area (Å²) >= 11 is 0. The second kappa shape index (κ2) is 7.61. The van der Waals surface area contributed by atoms with Gasteiger partial charge in [-0.25, -0.2) is 0 Å². The third-order valence-corrected chi connectivity index (χ3v) is 2.88. The molecule has 0 saturated carbocycles. The van der Waals surface area contributed by atoms with Gasteiger partial charge in [0.15, 0.2) is 6.61 Å². The number of para-hydroxylation sites is 3. The van der Waals surface area contributed by atoms with Crippen LogP contribution in [0.25, 0.3) is 0 Å². The van der Waals surface area contributed by atoms with Gasteiger partial charge in [-0.05, 0) is 24.3 Å². The van der Waals surface area contributed by atoms with Gasteiger partial charge in [-0.3, -0.25) is 9.59 Å². The van der Waals surface area contributed by atoms with Crippen molar-refractivity contribution in [1.29, 1.82) is 5.26 Å². The fraction of sp³-hybridized carbons (Fsp3) is 0.118. The van der Waals surface area contributed by atoms with Gasteiger partial charge in [-0.15, -0.1) is 0 Å². The highest BCUT2D eigenvalue weighted by Gasteiger charge is 2.09. The van der Waals surface area contributed by atoms with Crippen LogP contribution >= 0.6 is 0 Å². The minimum absolute atomic E-state index is 0.228. The maximum absolute atomic E-state index is 12.0. The molecule has 2 N–H and O–H groups in total. The van der Waals surface area contributed by atoms with Crippen LogP contribution in [0.1, 0.15) is 12.5 Å². The lowest BCUT2D eigenvalue weighted by atomic mass is 10.2. The fourth-order valence-electron chi connectivity index (χ4n) is 1.90. The lowest BCUT2D eigenvalue weighted by Gasteiger charge is -2.12. The second-order valence-corrected chi connectivity index (χ2v) is 4.67. The molecule has 6 nitrogen and oxygen atoms in total. The quantitative estimate of drug-likeness (QED) is 0.888. The number of ether oxygens (including phenoxy) is 1. The molecule has 0 bridgehead atoms. The fourth-order valence-corrected chi connectivity index (χ4v) is 1.90. The van der Waals surface area contributed by atoms with Crippen LogP contribution in [0.4, 0.5) is 11.4 Å². The summed E-state index contributed by atoms with van der Waals surface area (Å²) in [5, 5.41) is 14.2. The summed E-state index contributed by atoms with van der Waals surface area (Å²) in [6, 6.07) is 15.5. The first-order valence-corrected chi connectivity index (χ1v) is 6.88. The monoisotopic (exact) mass is 309 g/mol. The summed E-state index contributed by atoms with van der Waals surface area (Å²) in [7, 11) is 0. The zero-order valence-corrected chi connectivity index (χ0v) is 12.5. The standard InChI is InChI=1S/C17H15N3O3/c1-12(21)19-15-8-4-5-9-16(15)23-11-17(22)20-14-7-3-2-6-13(14)10-18/h2-9H,11H2,1H3,(H,19,21)(H,20,22). The van der Waals surface area contributed by atoms with Gasteiger partial charge < -0.3 is 15.4 Å². The molecule has 2 aromatic rings. The normalized spacial score (nSPS) is 9.57. The van der Waals surface area contributed by atoms with E-state index < -0.39 is 5.91 Å². The van der Waals surface area contributed by atoms with Crippen LogP contribution in [0.5, 0.6) is 5.75 Å². The maximum atomic E-state index is 12.0. The van der Waals surface area contributed by atoms with E-state index in [1.165, 1.54) is 6.92 Å². The largest absolute Gasteiger partial charge is 0.482 e. The van der Waals surface area contributed by atoms with Crippen molar-refractivity contribution >= 4 is 23.2 Å². The van der Waals surface area contributed by atoms with Crippen LogP contribution in [-0.4, -0.2) is 18.4 Å². The molecule has 2 amide bonds. The number of nitrogens with one attached hydrogen (secondary N) is 2. The van der Waals surface area contributed by atoms with Crippen LogP contribution in [0, 0.1) is 11.3 Å². The van der Waals surface area contributed by atoms with Crippen LogP contribution in [0.2, 0.25) is 0 Å². The molecule has 0 unspecified atom stereocenters. The molecule has 0 aliphatic heterocycles. The molecular formula is C17H15N3O3. The second-order valence-electron chi connectivity index (χ2n) is 4.67. The first kappa shape index (κ1) is 16.0. The van der Waals surface area contributed by atoms with Crippen molar-refractivity contribution in [1.82, 2.24) is 0 Å². The van der Waals surface area contributed by atoms with Crippen molar-refractivity contribution in [3.05, 3.63) is 54.1 Å². The number of amides is 2. The number of carbonyl (C=O) groups excluding carboxylic acids is 2. The van der Waals surface area contributed by atoms with E-state index in [1.54, 1.807) is 48.5 Å². The SMILES string of the molecule is CC(=O)Nc1ccccc1OCC(=O)Nc1ccccc1C#N. The summed E-state index contributed by atoms with van der Waals surface area (Å²) in [5.74, 6) is -0.231. The summed E-state index contributed by atoms with van der Waals surface area (Å²) in [5.41, 5.74) is 1.29. The molecule has 2 rings (SSSR count). The zero-order valence-electron chi connectivity index (χ0n) is 12.5. The molecule has 0 fully saturated rings. The number of hydrogen-bond donors (Lipinski definition) is 2. The molecule has 0 spiro atoms. The summed E-state index contributed by atoms with van der Waals surface area (Å²) in [6.45, 7) is 1.15. The number of nitrogens with zero attached hydrogens (tertiary/aromatic N) is 1. The summed E-state index contributed by atoms with van der Waals surface area (Å²) in [4.78, 5) is 23.1. The zero-order chi connectivity index (χ0) is 16.7. The smallest absolute Gasteiger partial charge is 0.262 e. The Hall–Kier alpha value is -3.33. The van der Waals surface area contributed by atoms with E-state index in [4.69, 9.17) is 10.00 Å². The Morgan fingerprint density at radius 2 is 1.70 bits per heavy atom. The van der Waals surface area contributed by atoms with Crippen LogP contribution in [-0.2, 0) is 9.59 Å². The Labute approximate surface area is 133 Å². The van der Waals surface area contributed by atoms with E-state index in [2.05, 4.69) is 10.6 Å². The van der Waals surface area contributed by atoms with Gasteiger partial charge in [-0.2, -0.15) is 5.26 Å². The average molecular weight is 309 g/mol. The predicted octanol–water partition coefficient (Wildman–Crippen LogP) is 2.53. The highest BCUT2D eigenvalue weighted by Crippen LogP contribution is 2.23. The van der Waals surface area contributed by atoms with Gasteiger partial charge in [-0.1, -0.05) is 24.3 Å². The molecule has 0 atom stereocenters. The first-order valence-electron chi connectivity index (χ1n) is 6.88. The number of rotatable bonds is 5. The summed E-state index contributed by atoms with van der Waals surface area (Å²) in [6.07, 6.45) is 0. The Morgan fingerprint density at radius 1 is 1.04 bits per heavy atom. The molecule has 23 heavy (non-hydrogen) atoms. The van der Waals surface area contributed by atoms with Gasteiger partial charge in [0.25, 0.3) is 5.91 Å². The Kier molecular flexibility index (Phi) is 5.31. The van der Waals surface area contributed by atoms with E-state index >= 15 is 0 Å². The number of carbonyl (C=O) groups is 2. The molecule has 0 saturated heterocycles. The lowest BCUT2D eigenvalue weighted by molar-refractivity contribution is -0.118. The van der Waals surface area contributed by atoms with Crippen LogP contribution in [0.3, 0.4) is 0 Å². The molecular weight excluding hydrogens is 294 g/mol. The van der Waals surface area contributed by atoms with Crippen molar-refractivity contribution in [2.45, 2.75) is 6.92 Å². The molecule has 0 heterocycles. The molecule has 0 radical (unpaired) electrons. The van der Waals surface area contributed by atoms with E-state index in [9.17, 15) is 9.59 Å². The maximum Gasteiger partial charge on any atom is 0.262 e. The Morgan fingerprint density at radius 3 is 2.39 bits per heavy atom. The van der Waals surface area contributed by atoms with Gasteiger partial charge in [0.05, 0.1) is 16.9 Å². The van der Waals surface area contributed by atoms with Crippen LogP contribution < -0.4 is 15.4 Å². The van der Waals surface area contributed by atoms with Crippen molar-refractivity contribution in [3.8, 4) is 11.8 Å². The molecule has 2 aromatic carbocycles. The molecule has 116 valence electrons. The molecule has 0 aliphatic rings. The first-order chi connectivity index (χ1) is 11.1. The van der Waals surface area contributed by atoms with Gasteiger partial charge >= 0.3 is 0 Å². The van der Waals surface area contributed by atoms with Crippen molar-refractivity contribution in [3.63, 3.8) is 0 Å². The number of nitriles is 1. The van der Waals surface area contributed by atoms with Gasteiger partial charge in [0.1, 0.15) is 11.8 Å². The van der Waals surface area contributed by atoms with Crippen molar-refractivity contribution in [2.24, 2.45) is 0 Å². The number of anilines is 2. The summed E-state index contributed by atoms with van der Waals surface area (Å²) < 4.78 is 5.44. The third-order valence-electron chi connectivity index (χ3n) is 2.88. The van der Waals surface area contributed by atoms with E-state index in [0.29, 0.717) is 22.7 Å². The topological polar surface area (TPSA) is 91.2 Å². The number of benzene rings is 2. The minimum Gasteiger partial charge on any atom is -0.482 e.